The SMILES string of the molecule is Cc1cccc(NS(=O)(=O)c2ccc(OCC(=O)N3c4ccccc4C[C@@H]3C)cc2)c1. The second-order valence-corrected chi connectivity index (χ2v) is 9.36. The summed E-state index contributed by atoms with van der Waals surface area (Å²) >= 11 is 0. The summed E-state index contributed by atoms with van der Waals surface area (Å²) in [4.78, 5) is 14.6. The van der Waals surface area contributed by atoms with Crippen molar-refractivity contribution >= 4 is 27.3 Å². The van der Waals surface area contributed by atoms with Gasteiger partial charge in [0.05, 0.1) is 4.90 Å². The summed E-state index contributed by atoms with van der Waals surface area (Å²) in [5, 5.41) is 0. The van der Waals surface area contributed by atoms with Gasteiger partial charge >= 0.3 is 0 Å². The van der Waals surface area contributed by atoms with Gasteiger partial charge in [-0.15, -0.1) is 0 Å². The van der Waals surface area contributed by atoms with Gasteiger partial charge in [-0.2, -0.15) is 0 Å². The zero-order chi connectivity index (χ0) is 22.0. The normalized spacial score (nSPS) is 15.4. The van der Waals surface area contributed by atoms with Crippen molar-refractivity contribution in [2.75, 3.05) is 16.2 Å². The molecule has 7 heteroatoms. The van der Waals surface area contributed by atoms with Gasteiger partial charge in [-0.3, -0.25) is 9.52 Å². The van der Waals surface area contributed by atoms with Crippen molar-refractivity contribution in [3.05, 3.63) is 83.9 Å². The van der Waals surface area contributed by atoms with Crippen molar-refractivity contribution in [2.45, 2.75) is 31.2 Å². The number of anilines is 2. The molecule has 0 aromatic heterocycles. The van der Waals surface area contributed by atoms with Crippen molar-refractivity contribution in [1.82, 2.24) is 0 Å². The minimum absolute atomic E-state index is 0.0775. The molecule has 3 aromatic carbocycles. The number of fused-ring (bicyclic) bond motifs is 1. The van der Waals surface area contributed by atoms with Crippen LogP contribution in [0.25, 0.3) is 0 Å². The Bertz CT molecular complexity index is 1210. The van der Waals surface area contributed by atoms with Gasteiger partial charge in [0.1, 0.15) is 5.75 Å². The standard InChI is InChI=1S/C24H24N2O4S/c1-17-6-5-8-20(14-17)25-31(28,29)22-12-10-21(11-13-22)30-16-24(27)26-18(2)15-19-7-3-4-9-23(19)26/h3-14,18,25H,15-16H2,1-2H3/t18-/m0/s1. The summed E-state index contributed by atoms with van der Waals surface area (Å²) in [5.74, 6) is 0.304. The molecule has 0 aliphatic carbocycles. The van der Waals surface area contributed by atoms with Crippen LogP contribution < -0.4 is 14.4 Å². The van der Waals surface area contributed by atoms with Gasteiger partial charge < -0.3 is 9.64 Å². The summed E-state index contributed by atoms with van der Waals surface area (Å²) in [6.45, 7) is 3.79. The van der Waals surface area contributed by atoms with E-state index in [9.17, 15) is 13.2 Å². The molecule has 1 aliphatic rings. The number of benzene rings is 3. The van der Waals surface area contributed by atoms with E-state index < -0.39 is 10.0 Å². The maximum absolute atomic E-state index is 12.7. The van der Waals surface area contributed by atoms with Crippen LogP contribution in [0.15, 0.2) is 77.7 Å². The second kappa shape index (κ2) is 8.43. The van der Waals surface area contributed by atoms with Gasteiger partial charge in [0.15, 0.2) is 6.61 Å². The quantitative estimate of drug-likeness (QED) is 0.630. The fourth-order valence-electron chi connectivity index (χ4n) is 3.80. The van der Waals surface area contributed by atoms with Gasteiger partial charge in [0.2, 0.25) is 0 Å². The van der Waals surface area contributed by atoms with Gasteiger partial charge in [-0.1, -0.05) is 30.3 Å². The van der Waals surface area contributed by atoms with E-state index in [1.165, 1.54) is 12.1 Å². The lowest BCUT2D eigenvalue weighted by Gasteiger charge is -2.22. The highest BCUT2D eigenvalue weighted by Crippen LogP contribution is 2.32. The van der Waals surface area contributed by atoms with E-state index in [0.717, 1.165) is 23.2 Å². The number of nitrogens with one attached hydrogen (secondary N) is 1. The Morgan fingerprint density at radius 3 is 2.55 bits per heavy atom. The molecular weight excluding hydrogens is 412 g/mol. The van der Waals surface area contributed by atoms with E-state index in [1.54, 1.807) is 35.2 Å². The van der Waals surface area contributed by atoms with Crippen molar-refractivity contribution in [2.24, 2.45) is 0 Å². The van der Waals surface area contributed by atoms with E-state index in [0.29, 0.717) is 11.4 Å². The summed E-state index contributed by atoms with van der Waals surface area (Å²) in [6.07, 6.45) is 0.822. The minimum Gasteiger partial charge on any atom is -0.484 e. The third-order valence-corrected chi connectivity index (χ3v) is 6.64. The zero-order valence-electron chi connectivity index (χ0n) is 17.4. The van der Waals surface area contributed by atoms with Crippen LogP contribution in [-0.2, 0) is 21.2 Å². The first-order valence-electron chi connectivity index (χ1n) is 10.1. The molecule has 1 amide bonds. The number of rotatable bonds is 6. The lowest BCUT2D eigenvalue weighted by molar-refractivity contribution is -0.120. The van der Waals surface area contributed by atoms with E-state index >= 15 is 0 Å². The molecule has 1 N–H and O–H groups in total. The predicted octanol–water partition coefficient (Wildman–Crippen LogP) is 4.15. The van der Waals surface area contributed by atoms with Crippen molar-refractivity contribution < 1.29 is 17.9 Å². The molecule has 1 aliphatic heterocycles. The van der Waals surface area contributed by atoms with Gasteiger partial charge in [-0.05, 0) is 73.9 Å². The fourth-order valence-corrected chi connectivity index (χ4v) is 4.85. The van der Waals surface area contributed by atoms with Gasteiger partial charge in [-0.25, -0.2) is 8.42 Å². The molecule has 1 heterocycles. The predicted molar refractivity (Wildman–Crippen MR) is 121 cm³/mol. The third kappa shape index (κ3) is 4.56. The lowest BCUT2D eigenvalue weighted by atomic mass is 10.1. The maximum atomic E-state index is 12.7. The van der Waals surface area contributed by atoms with Crippen LogP contribution in [0.2, 0.25) is 0 Å². The molecule has 0 bridgehead atoms. The molecule has 0 spiro atoms. The first-order chi connectivity index (χ1) is 14.8. The highest BCUT2D eigenvalue weighted by molar-refractivity contribution is 7.92. The number of carbonyl (C=O) groups excluding carboxylic acids is 1. The molecule has 4 rings (SSSR count). The van der Waals surface area contributed by atoms with Gasteiger partial charge in [0, 0.05) is 17.4 Å². The molecule has 31 heavy (non-hydrogen) atoms. The number of amides is 1. The molecular formula is C24H24N2O4S. The van der Waals surface area contributed by atoms with E-state index in [1.807, 2.05) is 44.2 Å². The number of aryl methyl sites for hydroxylation is 1. The average Bonchev–Trinajstić information content (AvgIpc) is 3.08. The smallest absolute Gasteiger partial charge is 0.265 e. The third-order valence-electron chi connectivity index (χ3n) is 5.24. The number of hydrogen-bond acceptors (Lipinski definition) is 4. The Kier molecular flexibility index (Phi) is 5.69. The van der Waals surface area contributed by atoms with Gasteiger partial charge in [0.25, 0.3) is 15.9 Å². The van der Waals surface area contributed by atoms with Crippen LogP contribution in [0, 0.1) is 6.92 Å². The molecule has 0 fully saturated rings. The molecule has 0 unspecified atom stereocenters. The number of para-hydroxylation sites is 1. The molecule has 6 nitrogen and oxygen atoms in total. The van der Waals surface area contributed by atoms with Crippen molar-refractivity contribution in [3.8, 4) is 5.75 Å². The monoisotopic (exact) mass is 436 g/mol. The van der Waals surface area contributed by atoms with Crippen molar-refractivity contribution in [3.63, 3.8) is 0 Å². The Morgan fingerprint density at radius 2 is 1.81 bits per heavy atom. The molecule has 0 saturated carbocycles. The Balaban J connectivity index is 1.40. The second-order valence-electron chi connectivity index (χ2n) is 7.68. The lowest BCUT2D eigenvalue weighted by Crippen LogP contribution is -2.39. The Hall–Kier alpha value is -3.32. The van der Waals surface area contributed by atoms with E-state index in [4.69, 9.17) is 4.74 Å². The topological polar surface area (TPSA) is 75.7 Å². The van der Waals surface area contributed by atoms with Crippen LogP contribution in [0.4, 0.5) is 11.4 Å². The highest BCUT2D eigenvalue weighted by Gasteiger charge is 2.30. The van der Waals surface area contributed by atoms with Crippen LogP contribution in [-0.4, -0.2) is 27.0 Å². The van der Waals surface area contributed by atoms with Crippen molar-refractivity contribution in [1.29, 1.82) is 0 Å². The number of sulfonamides is 1. The van der Waals surface area contributed by atoms with Crippen LogP contribution in [0.5, 0.6) is 5.75 Å². The zero-order valence-corrected chi connectivity index (χ0v) is 18.2. The first kappa shape index (κ1) is 20.9. The summed E-state index contributed by atoms with van der Waals surface area (Å²) < 4.78 is 33.4. The number of carbonyl (C=O) groups is 1. The maximum Gasteiger partial charge on any atom is 0.265 e. The highest BCUT2D eigenvalue weighted by atomic mass is 32.2. The Labute approximate surface area is 182 Å². The molecule has 3 aromatic rings. The van der Waals surface area contributed by atoms with Crippen LogP contribution in [0.3, 0.4) is 0 Å². The average molecular weight is 437 g/mol. The Morgan fingerprint density at radius 1 is 1.06 bits per heavy atom. The molecule has 0 saturated heterocycles. The fraction of sp³-hybridized carbons (Fsp3) is 0.208. The molecule has 1 atom stereocenters. The molecule has 0 radical (unpaired) electrons. The van der Waals surface area contributed by atoms with Crippen LogP contribution in [0.1, 0.15) is 18.1 Å². The summed E-state index contributed by atoms with van der Waals surface area (Å²) in [5.41, 5.74) is 3.54. The minimum atomic E-state index is -3.71. The largest absolute Gasteiger partial charge is 0.484 e. The number of ether oxygens (including phenoxy) is 1. The molecule has 160 valence electrons. The summed E-state index contributed by atoms with van der Waals surface area (Å²) in [7, 11) is -3.71. The number of nitrogens with zero attached hydrogens (tertiary/aromatic N) is 1. The summed E-state index contributed by atoms with van der Waals surface area (Å²) in [6, 6.07) is 21.1. The number of hydrogen-bond donors (Lipinski definition) is 1. The van der Waals surface area contributed by atoms with E-state index in [2.05, 4.69) is 4.72 Å². The first-order valence-corrected chi connectivity index (χ1v) is 11.5. The van der Waals surface area contributed by atoms with Crippen LogP contribution >= 0.6 is 0 Å². The van der Waals surface area contributed by atoms with E-state index in [-0.39, 0.29) is 23.5 Å².